The molecule has 4 aliphatic carbocycles. The number of fused-ring (bicyclic) bond motifs is 9. The monoisotopic (exact) mass is 847 g/mol. The number of benzene rings is 8. The van der Waals surface area contributed by atoms with Crippen molar-refractivity contribution in [3.8, 4) is 22.3 Å². The molecule has 316 valence electrons. The maximum Gasteiger partial charge on any atom is 0.143 e. The Kier molecular flexibility index (Phi) is 8.77. The minimum atomic E-state index is -0.516. The Bertz CT molecular complexity index is 3490. The lowest BCUT2D eigenvalue weighted by Gasteiger charge is -2.40. The van der Waals surface area contributed by atoms with Gasteiger partial charge in [0, 0.05) is 38.7 Å². The van der Waals surface area contributed by atoms with Gasteiger partial charge in [-0.15, -0.1) is 0 Å². The molecule has 66 heavy (non-hydrogen) atoms. The summed E-state index contributed by atoms with van der Waals surface area (Å²) in [5.41, 5.74) is 22.1. The van der Waals surface area contributed by atoms with Crippen molar-refractivity contribution in [2.75, 3.05) is 4.90 Å². The summed E-state index contributed by atoms with van der Waals surface area (Å²) in [5, 5.41) is 2.32. The number of furan rings is 1. The highest BCUT2D eigenvalue weighted by molar-refractivity contribution is 6.09. The molecule has 0 spiro atoms. The van der Waals surface area contributed by atoms with Gasteiger partial charge in [0.2, 0.25) is 0 Å². The van der Waals surface area contributed by atoms with Gasteiger partial charge in [-0.2, -0.15) is 0 Å². The lowest BCUT2D eigenvalue weighted by Crippen LogP contribution is -2.36. The molecule has 0 saturated carbocycles. The first-order valence-electron chi connectivity index (χ1n) is 23.6. The highest BCUT2D eigenvalue weighted by Crippen LogP contribution is 2.61. The molecular weight excluding hydrogens is 799 g/mol. The van der Waals surface area contributed by atoms with Gasteiger partial charge in [0.1, 0.15) is 11.2 Å². The fourth-order valence-corrected chi connectivity index (χ4v) is 12.2. The number of allylic oxidation sites excluding steroid dienone is 6. The Hall–Kier alpha value is -7.68. The molecule has 13 rings (SSSR count). The summed E-state index contributed by atoms with van der Waals surface area (Å²) in [6.45, 7) is 4.80. The van der Waals surface area contributed by atoms with E-state index in [1.165, 1.54) is 83.7 Å². The van der Waals surface area contributed by atoms with Crippen LogP contribution < -0.4 is 4.90 Å². The second kappa shape index (κ2) is 14.9. The van der Waals surface area contributed by atoms with E-state index in [2.05, 4.69) is 237 Å². The van der Waals surface area contributed by atoms with Crippen molar-refractivity contribution in [1.82, 2.24) is 0 Å². The molecule has 0 fully saturated rings. The number of rotatable bonds is 7. The molecule has 0 amide bonds. The first kappa shape index (κ1) is 38.8. The largest absolute Gasteiger partial charge is 0.455 e. The lowest BCUT2D eigenvalue weighted by atomic mass is 9.66. The molecule has 1 heterocycles. The van der Waals surface area contributed by atoms with Gasteiger partial charge in [0.05, 0.1) is 11.5 Å². The third kappa shape index (κ3) is 5.67. The Morgan fingerprint density at radius 1 is 0.530 bits per heavy atom. The summed E-state index contributed by atoms with van der Waals surface area (Å²) in [7, 11) is 0. The van der Waals surface area contributed by atoms with E-state index in [-0.39, 0.29) is 11.5 Å². The van der Waals surface area contributed by atoms with Crippen molar-refractivity contribution in [3.05, 3.63) is 269 Å². The summed E-state index contributed by atoms with van der Waals surface area (Å²) in [4.78, 5) is 2.73. The molecule has 0 N–H and O–H groups in total. The molecular formula is C64H49NO. The standard InChI is InChI=1S/C64H49NO/c1-63(2)55-28-14-12-24-50(55)51-39-37-48(41-57(51)63)65(47-35-32-43(33-36-47)49-26-16-27-53-52-25-13-15-31-60(52)66-62(49)53)59-30-17-29-56-61(59)54-38-34-44(42-18-6-3-7-19-42)40-58(54)64(56,45-20-8-4-9-21-45)46-22-10-5-11-23-46/h3-16,18-29,31-35,37-41,47H,17,30,36H2,1-2H3. The van der Waals surface area contributed by atoms with Crippen molar-refractivity contribution in [2.24, 2.45) is 0 Å². The van der Waals surface area contributed by atoms with E-state index in [4.69, 9.17) is 4.42 Å². The normalized spacial score (nSPS) is 17.5. The van der Waals surface area contributed by atoms with Crippen LogP contribution >= 0.6 is 0 Å². The zero-order valence-electron chi connectivity index (χ0n) is 37.3. The van der Waals surface area contributed by atoms with Crippen molar-refractivity contribution in [2.45, 2.75) is 50.0 Å². The fraction of sp³-hybridized carbons (Fsp3) is 0.125. The van der Waals surface area contributed by atoms with Crippen LogP contribution in [0, 0.1) is 0 Å². The lowest BCUT2D eigenvalue weighted by molar-refractivity contribution is 0.658. The predicted molar refractivity (Wildman–Crippen MR) is 275 cm³/mol. The van der Waals surface area contributed by atoms with E-state index >= 15 is 0 Å². The Morgan fingerprint density at radius 2 is 1.20 bits per heavy atom. The van der Waals surface area contributed by atoms with Gasteiger partial charge in [-0.05, 0) is 110 Å². The molecule has 0 bridgehead atoms. The molecule has 1 atom stereocenters. The smallest absolute Gasteiger partial charge is 0.143 e. The second-order valence-corrected chi connectivity index (χ2v) is 19.0. The van der Waals surface area contributed by atoms with Crippen molar-refractivity contribution >= 4 is 38.8 Å². The number of para-hydroxylation sites is 2. The number of hydrogen-bond acceptors (Lipinski definition) is 2. The summed E-state index contributed by atoms with van der Waals surface area (Å²) in [6.07, 6.45) is 12.6. The summed E-state index contributed by atoms with van der Waals surface area (Å²) in [6, 6.07) is 72.1. The van der Waals surface area contributed by atoms with Crippen LogP contribution in [0.4, 0.5) is 5.69 Å². The third-order valence-electron chi connectivity index (χ3n) is 15.2. The average Bonchev–Trinajstić information content (AvgIpc) is 3.99. The number of hydrogen-bond donors (Lipinski definition) is 0. The van der Waals surface area contributed by atoms with Crippen LogP contribution in [-0.2, 0) is 10.8 Å². The van der Waals surface area contributed by atoms with Gasteiger partial charge >= 0.3 is 0 Å². The number of nitrogens with zero attached hydrogens (tertiary/aromatic N) is 1. The van der Waals surface area contributed by atoms with Gasteiger partial charge in [-0.1, -0.05) is 208 Å². The minimum Gasteiger partial charge on any atom is -0.455 e. The first-order chi connectivity index (χ1) is 32.5. The molecule has 8 aromatic carbocycles. The maximum atomic E-state index is 6.58. The van der Waals surface area contributed by atoms with E-state index in [0.717, 1.165) is 46.8 Å². The van der Waals surface area contributed by atoms with E-state index in [0.29, 0.717) is 0 Å². The van der Waals surface area contributed by atoms with Gasteiger partial charge in [-0.3, -0.25) is 0 Å². The topological polar surface area (TPSA) is 16.4 Å². The van der Waals surface area contributed by atoms with Gasteiger partial charge < -0.3 is 9.32 Å². The number of anilines is 1. The van der Waals surface area contributed by atoms with Crippen LogP contribution in [0.3, 0.4) is 0 Å². The predicted octanol–water partition coefficient (Wildman–Crippen LogP) is 16.3. The van der Waals surface area contributed by atoms with Crippen LogP contribution in [0.1, 0.15) is 72.1 Å². The van der Waals surface area contributed by atoms with Crippen LogP contribution in [0.5, 0.6) is 0 Å². The van der Waals surface area contributed by atoms with Crippen molar-refractivity contribution < 1.29 is 4.42 Å². The van der Waals surface area contributed by atoms with Crippen LogP contribution in [0.25, 0.3) is 55.3 Å². The highest BCUT2D eigenvalue weighted by atomic mass is 16.3. The van der Waals surface area contributed by atoms with Crippen LogP contribution in [0.15, 0.2) is 234 Å². The Labute approximate surface area is 387 Å². The van der Waals surface area contributed by atoms with E-state index < -0.39 is 5.41 Å². The molecule has 1 aromatic heterocycles. The molecule has 0 saturated heterocycles. The molecule has 1 unspecified atom stereocenters. The van der Waals surface area contributed by atoms with E-state index in [1.807, 2.05) is 0 Å². The molecule has 0 aliphatic heterocycles. The van der Waals surface area contributed by atoms with Crippen molar-refractivity contribution in [3.63, 3.8) is 0 Å². The average molecular weight is 848 g/mol. The van der Waals surface area contributed by atoms with E-state index in [1.54, 1.807) is 0 Å². The summed E-state index contributed by atoms with van der Waals surface area (Å²) >= 11 is 0. The van der Waals surface area contributed by atoms with Gasteiger partial charge in [-0.25, -0.2) is 0 Å². The summed E-state index contributed by atoms with van der Waals surface area (Å²) in [5.74, 6) is 0. The zero-order chi connectivity index (χ0) is 44.0. The molecule has 9 aromatic rings. The van der Waals surface area contributed by atoms with Crippen LogP contribution in [-0.4, -0.2) is 6.04 Å². The minimum absolute atomic E-state index is 0.0749. The molecule has 0 radical (unpaired) electrons. The third-order valence-corrected chi connectivity index (χ3v) is 15.2. The highest BCUT2D eigenvalue weighted by Gasteiger charge is 2.51. The van der Waals surface area contributed by atoms with Crippen molar-refractivity contribution in [1.29, 1.82) is 0 Å². The van der Waals surface area contributed by atoms with E-state index in [9.17, 15) is 0 Å². The maximum absolute atomic E-state index is 6.58. The van der Waals surface area contributed by atoms with Gasteiger partial charge in [0.15, 0.2) is 0 Å². The molecule has 2 heteroatoms. The zero-order valence-corrected chi connectivity index (χ0v) is 37.3. The van der Waals surface area contributed by atoms with Gasteiger partial charge in [0.25, 0.3) is 0 Å². The molecule has 2 nitrogen and oxygen atoms in total. The summed E-state index contributed by atoms with van der Waals surface area (Å²) < 4.78 is 6.58. The Morgan fingerprint density at radius 3 is 1.97 bits per heavy atom. The quantitative estimate of drug-likeness (QED) is 0.159. The Balaban J connectivity index is 1.03. The second-order valence-electron chi connectivity index (χ2n) is 19.0. The SMILES string of the molecule is CC1(C)c2ccccc2-c2ccc(N(C3=C4C(=CCC3)C(c3ccccc3)(c3ccccc3)c3cc(-c5ccccc5)ccc34)C3C=CC(c4cccc5c4oc4ccccc45)=CC3)cc21. The first-order valence-corrected chi connectivity index (χ1v) is 23.6. The van der Waals surface area contributed by atoms with Crippen LogP contribution in [0.2, 0.25) is 0 Å². The molecule has 4 aliphatic rings. The fourth-order valence-electron chi connectivity index (χ4n) is 12.2.